The van der Waals surface area contributed by atoms with Gasteiger partial charge in [0, 0.05) is 24.2 Å². The molecule has 1 aromatic heterocycles. The lowest BCUT2D eigenvalue weighted by Gasteiger charge is -2.11. The fourth-order valence-corrected chi connectivity index (χ4v) is 2.92. The summed E-state index contributed by atoms with van der Waals surface area (Å²) < 4.78 is 40.6. The Labute approximate surface area is 132 Å². The number of nitrogens with one attached hydrogen (secondary N) is 1. The van der Waals surface area contributed by atoms with Gasteiger partial charge < -0.3 is 10.1 Å². The van der Waals surface area contributed by atoms with Crippen molar-refractivity contribution in [1.29, 1.82) is 0 Å². The number of aryl methyl sites for hydroxylation is 1. The molecule has 2 aromatic rings. The Balaban J connectivity index is 1.91. The molecule has 3 nitrogen and oxygen atoms in total. The third kappa shape index (κ3) is 5.29. The van der Waals surface area contributed by atoms with Crippen molar-refractivity contribution in [3.05, 3.63) is 44.3 Å². The van der Waals surface area contributed by atoms with E-state index in [4.69, 9.17) is 0 Å². The SMILES string of the molecule is Cc1cnc(CNCc2ccc(OC(F)(F)F)c(Br)c2)s1. The molecule has 0 fully saturated rings. The molecule has 1 aromatic carbocycles. The minimum absolute atomic E-state index is 0.248. The smallest absolute Gasteiger partial charge is 0.405 e. The van der Waals surface area contributed by atoms with Gasteiger partial charge in [-0.2, -0.15) is 0 Å². The van der Waals surface area contributed by atoms with Gasteiger partial charge in [0.25, 0.3) is 0 Å². The Kier molecular flexibility index (Phi) is 5.23. The average Bonchev–Trinajstić information content (AvgIpc) is 2.77. The van der Waals surface area contributed by atoms with E-state index in [0.717, 1.165) is 15.4 Å². The Hall–Kier alpha value is -1.12. The van der Waals surface area contributed by atoms with E-state index in [1.165, 1.54) is 6.07 Å². The molecule has 114 valence electrons. The summed E-state index contributed by atoms with van der Waals surface area (Å²) in [4.78, 5) is 5.36. The standard InChI is InChI=1S/C13H12BrF3N2OS/c1-8-5-19-12(21-8)7-18-6-9-2-3-11(10(14)4-9)20-13(15,16)17/h2-5,18H,6-7H2,1H3. The maximum atomic E-state index is 12.2. The minimum atomic E-state index is -4.69. The summed E-state index contributed by atoms with van der Waals surface area (Å²) >= 11 is 4.68. The Morgan fingerprint density at radius 1 is 1.33 bits per heavy atom. The summed E-state index contributed by atoms with van der Waals surface area (Å²) in [6.45, 7) is 3.14. The number of rotatable bonds is 5. The van der Waals surface area contributed by atoms with Gasteiger partial charge in [0.1, 0.15) is 10.8 Å². The highest BCUT2D eigenvalue weighted by molar-refractivity contribution is 9.10. The van der Waals surface area contributed by atoms with Gasteiger partial charge in [-0.15, -0.1) is 24.5 Å². The zero-order valence-corrected chi connectivity index (χ0v) is 13.4. The molecule has 0 aliphatic rings. The minimum Gasteiger partial charge on any atom is -0.405 e. The number of thiazole rings is 1. The fraction of sp³-hybridized carbons (Fsp3) is 0.308. The first kappa shape index (κ1) is 16.3. The van der Waals surface area contributed by atoms with Crippen LogP contribution in [-0.4, -0.2) is 11.3 Å². The molecule has 0 saturated carbocycles. The Morgan fingerprint density at radius 2 is 2.10 bits per heavy atom. The van der Waals surface area contributed by atoms with E-state index in [9.17, 15) is 13.2 Å². The summed E-state index contributed by atoms with van der Waals surface area (Å²) in [7, 11) is 0. The van der Waals surface area contributed by atoms with Gasteiger partial charge in [0.05, 0.1) is 4.47 Å². The number of nitrogens with zero attached hydrogens (tertiary/aromatic N) is 1. The summed E-state index contributed by atoms with van der Waals surface area (Å²) in [6.07, 6.45) is -2.88. The van der Waals surface area contributed by atoms with Crippen LogP contribution < -0.4 is 10.1 Å². The fourth-order valence-electron chi connectivity index (χ4n) is 1.66. The van der Waals surface area contributed by atoms with Gasteiger partial charge in [-0.3, -0.25) is 0 Å². The number of hydrogen-bond donors (Lipinski definition) is 1. The van der Waals surface area contributed by atoms with Crippen LogP contribution in [0.25, 0.3) is 0 Å². The summed E-state index contributed by atoms with van der Waals surface area (Å²) in [6, 6.07) is 4.48. The van der Waals surface area contributed by atoms with Crippen molar-refractivity contribution >= 4 is 27.3 Å². The summed E-state index contributed by atoms with van der Waals surface area (Å²) in [5.41, 5.74) is 0.852. The molecule has 0 atom stereocenters. The summed E-state index contributed by atoms with van der Waals surface area (Å²) in [5.74, 6) is -0.248. The van der Waals surface area contributed by atoms with E-state index >= 15 is 0 Å². The number of alkyl halides is 3. The van der Waals surface area contributed by atoms with E-state index < -0.39 is 6.36 Å². The van der Waals surface area contributed by atoms with Crippen LogP contribution in [0, 0.1) is 6.92 Å². The highest BCUT2D eigenvalue weighted by Crippen LogP contribution is 2.31. The van der Waals surface area contributed by atoms with Crippen LogP contribution in [0.2, 0.25) is 0 Å². The Bertz CT molecular complexity index is 616. The van der Waals surface area contributed by atoms with Crippen molar-refractivity contribution in [2.45, 2.75) is 26.4 Å². The molecule has 1 N–H and O–H groups in total. The molecule has 0 amide bonds. The molecule has 0 unspecified atom stereocenters. The molecule has 0 aliphatic carbocycles. The molecule has 8 heteroatoms. The quantitative estimate of drug-likeness (QED) is 0.834. The average molecular weight is 381 g/mol. The third-order valence-corrected chi connectivity index (χ3v) is 4.03. The lowest BCUT2D eigenvalue weighted by Crippen LogP contribution is -2.17. The molecular weight excluding hydrogens is 369 g/mol. The van der Waals surface area contributed by atoms with Crippen LogP contribution >= 0.6 is 27.3 Å². The van der Waals surface area contributed by atoms with Crippen molar-refractivity contribution in [1.82, 2.24) is 10.3 Å². The molecule has 0 radical (unpaired) electrons. The zero-order chi connectivity index (χ0) is 15.5. The number of aromatic nitrogens is 1. The molecule has 2 rings (SSSR count). The number of benzene rings is 1. The lowest BCUT2D eigenvalue weighted by atomic mass is 10.2. The van der Waals surface area contributed by atoms with Gasteiger partial charge in [-0.05, 0) is 40.5 Å². The van der Waals surface area contributed by atoms with Gasteiger partial charge in [0.15, 0.2) is 0 Å². The largest absolute Gasteiger partial charge is 0.573 e. The molecule has 0 spiro atoms. The van der Waals surface area contributed by atoms with E-state index in [1.807, 2.05) is 13.1 Å². The normalized spacial score (nSPS) is 11.7. The zero-order valence-electron chi connectivity index (χ0n) is 11.0. The van der Waals surface area contributed by atoms with Crippen LogP contribution in [0.15, 0.2) is 28.9 Å². The number of halogens is 4. The topological polar surface area (TPSA) is 34.2 Å². The van der Waals surface area contributed by atoms with Gasteiger partial charge in [-0.1, -0.05) is 6.07 Å². The first-order valence-corrected chi connectivity index (χ1v) is 7.60. The highest BCUT2D eigenvalue weighted by Gasteiger charge is 2.31. The molecular formula is C13H12BrF3N2OS. The third-order valence-electron chi connectivity index (χ3n) is 2.50. The van der Waals surface area contributed by atoms with Crippen LogP contribution in [0.1, 0.15) is 15.4 Å². The van der Waals surface area contributed by atoms with E-state index in [2.05, 4.69) is 31.0 Å². The van der Waals surface area contributed by atoms with Crippen molar-refractivity contribution in [2.75, 3.05) is 0 Å². The van der Waals surface area contributed by atoms with Crippen LogP contribution in [-0.2, 0) is 13.1 Å². The lowest BCUT2D eigenvalue weighted by molar-refractivity contribution is -0.274. The van der Waals surface area contributed by atoms with E-state index in [-0.39, 0.29) is 10.2 Å². The summed E-state index contributed by atoms with van der Waals surface area (Å²) in [5, 5.41) is 4.17. The second kappa shape index (κ2) is 6.76. The molecule has 0 saturated heterocycles. The monoisotopic (exact) mass is 380 g/mol. The second-order valence-electron chi connectivity index (χ2n) is 4.28. The van der Waals surface area contributed by atoms with Crippen molar-refractivity contribution in [3.63, 3.8) is 0 Å². The first-order valence-electron chi connectivity index (χ1n) is 6.00. The van der Waals surface area contributed by atoms with E-state index in [1.54, 1.807) is 23.5 Å². The van der Waals surface area contributed by atoms with Crippen molar-refractivity contribution < 1.29 is 17.9 Å². The van der Waals surface area contributed by atoms with Crippen molar-refractivity contribution in [3.8, 4) is 5.75 Å². The van der Waals surface area contributed by atoms with Crippen molar-refractivity contribution in [2.24, 2.45) is 0 Å². The number of hydrogen-bond acceptors (Lipinski definition) is 4. The maximum Gasteiger partial charge on any atom is 0.573 e. The van der Waals surface area contributed by atoms with Crippen LogP contribution in [0.4, 0.5) is 13.2 Å². The van der Waals surface area contributed by atoms with Gasteiger partial charge in [-0.25, -0.2) is 4.98 Å². The van der Waals surface area contributed by atoms with E-state index in [0.29, 0.717) is 13.1 Å². The highest BCUT2D eigenvalue weighted by atomic mass is 79.9. The molecule has 0 aliphatic heterocycles. The predicted octanol–water partition coefficient (Wildman–Crippen LogP) is 4.40. The second-order valence-corrected chi connectivity index (χ2v) is 6.45. The first-order chi connectivity index (χ1) is 9.83. The molecule has 0 bridgehead atoms. The maximum absolute atomic E-state index is 12.2. The molecule has 1 heterocycles. The molecule has 21 heavy (non-hydrogen) atoms. The predicted molar refractivity (Wildman–Crippen MR) is 78.2 cm³/mol. The van der Waals surface area contributed by atoms with Gasteiger partial charge in [0.2, 0.25) is 0 Å². The Morgan fingerprint density at radius 3 is 2.67 bits per heavy atom. The van der Waals surface area contributed by atoms with Crippen LogP contribution in [0.5, 0.6) is 5.75 Å². The van der Waals surface area contributed by atoms with Crippen LogP contribution in [0.3, 0.4) is 0 Å². The number of ether oxygens (including phenoxy) is 1. The van der Waals surface area contributed by atoms with Gasteiger partial charge >= 0.3 is 6.36 Å².